The minimum absolute atomic E-state index is 0.714. The minimum Gasteiger partial charge on any atom is -0.319 e. The summed E-state index contributed by atoms with van der Waals surface area (Å²) in [5.41, 5.74) is 1.43. The third-order valence-electron chi connectivity index (χ3n) is 3.49. The predicted molar refractivity (Wildman–Crippen MR) is 66.5 cm³/mol. The summed E-state index contributed by atoms with van der Waals surface area (Å²) in [5, 5.41) is 5.89. The number of fused-ring (bicyclic) bond motifs is 1. The van der Waals surface area contributed by atoms with Crippen molar-refractivity contribution in [3.8, 4) is 0 Å². The summed E-state index contributed by atoms with van der Waals surface area (Å²) in [5.74, 6) is 1.52. The van der Waals surface area contributed by atoms with Gasteiger partial charge in [-0.2, -0.15) is 0 Å². The Bertz CT molecular complexity index is 502. The van der Waals surface area contributed by atoms with E-state index in [-0.39, 0.29) is 0 Å². The molecule has 0 aliphatic heterocycles. The Balaban J connectivity index is 1.99. The van der Waals surface area contributed by atoms with Gasteiger partial charge in [0.2, 0.25) is 0 Å². The Morgan fingerprint density at radius 1 is 1.31 bits per heavy atom. The first kappa shape index (κ1) is 9.79. The highest BCUT2D eigenvalue weighted by Gasteiger charge is 2.38. The average Bonchev–Trinajstić information content (AvgIpc) is 3.08. The van der Waals surface area contributed by atoms with E-state index in [9.17, 15) is 0 Å². The lowest BCUT2D eigenvalue weighted by Gasteiger charge is -2.05. The van der Waals surface area contributed by atoms with Crippen molar-refractivity contribution in [2.45, 2.75) is 12.3 Å². The fourth-order valence-electron chi connectivity index (χ4n) is 2.55. The van der Waals surface area contributed by atoms with E-state index >= 15 is 0 Å². The van der Waals surface area contributed by atoms with Crippen LogP contribution in [0.3, 0.4) is 0 Å². The molecule has 0 radical (unpaired) electrons. The van der Waals surface area contributed by atoms with Crippen molar-refractivity contribution in [2.75, 3.05) is 13.6 Å². The van der Waals surface area contributed by atoms with E-state index in [1.165, 1.54) is 22.8 Å². The second kappa shape index (κ2) is 3.87. The van der Waals surface area contributed by atoms with Crippen LogP contribution in [0.4, 0.5) is 0 Å². The van der Waals surface area contributed by atoms with Crippen LogP contribution in [0.2, 0.25) is 0 Å². The van der Waals surface area contributed by atoms with Crippen LogP contribution < -0.4 is 5.32 Å². The fourth-order valence-corrected chi connectivity index (χ4v) is 2.55. The van der Waals surface area contributed by atoms with Gasteiger partial charge in [-0.05, 0) is 42.8 Å². The highest BCUT2D eigenvalue weighted by atomic mass is 14.8. The normalized spacial score (nSPS) is 23.6. The quantitative estimate of drug-likeness (QED) is 0.845. The number of pyridine rings is 1. The molecule has 82 valence electrons. The fraction of sp³-hybridized carbons (Fsp3) is 0.357. The first-order valence-corrected chi connectivity index (χ1v) is 5.87. The molecule has 1 saturated carbocycles. The van der Waals surface area contributed by atoms with Crippen LogP contribution in [0.5, 0.6) is 0 Å². The summed E-state index contributed by atoms with van der Waals surface area (Å²) in [4.78, 5) is 4.35. The standard InChI is InChI=1S/C14H16N2/c1-15-7-11-6-13(11)14-9-16-8-10-4-2-3-5-12(10)14/h2-5,8-9,11,13,15H,6-7H2,1H3. The van der Waals surface area contributed by atoms with Gasteiger partial charge >= 0.3 is 0 Å². The highest BCUT2D eigenvalue weighted by molar-refractivity contribution is 5.85. The van der Waals surface area contributed by atoms with Crippen molar-refractivity contribution in [2.24, 2.45) is 5.92 Å². The molecule has 2 nitrogen and oxygen atoms in total. The van der Waals surface area contributed by atoms with Crippen LogP contribution in [0, 0.1) is 5.92 Å². The number of hydrogen-bond donors (Lipinski definition) is 1. The molecule has 1 heterocycles. The summed E-state index contributed by atoms with van der Waals surface area (Å²) in [7, 11) is 2.02. The van der Waals surface area contributed by atoms with Gasteiger partial charge in [-0.3, -0.25) is 4.98 Å². The molecule has 2 unspecified atom stereocenters. The highest BCUT2D eigenvalue weighted by Crippen LogP contribution is 2.48. The lowest BCUT2D eigenvalue weighted by atomic mass is 10.0. The molecule has 1 aromatic heterocycles. The Kier molecular flexibility index (Phi) is 2.37. The lowest BCUT2D eigenvalue weighted by Crippen LogP contribution is -2.10. The van der Waals surface area contributed by atoms with Gasteiger partial charge in [0.25, 0.3) is 0 Å². The molecule has 3 rings (SSSR count). The van der Waals surface area contributed by atoms with E-state index in [1.807, 2.05) is 19.4 Å². The average molecular weight is 212 g/mol. The van der Waals surface area contributed by atoms with E-state index in [0.29, 0.717) is 5.92 Å². The van der Waals surface area contributed by atoms with Crippen LogP contribution in [0.25, 0.3) is 10.8 Å². The summed E-state index contributed by atoms with van der Waals surface area (Å²) >= 11 is 0. The van der Waals surface area contributed by atoms with E-state index in [1.54, 1.807) is 0 Å². The maximum atomic E-state index is 4.35. The van der Waals surface area contributed by atoms with Crippen molar-refractivity contribution in [3.05, 3.63) is 42.2 Å². The Labute approximate surface area is 95.7 Å². The summed E-state index contributed by atoms with van der Waals surface area (Å²) < 4.78 is 0. The maximum absolute atomic E-state index is 4.35. The molecule has 2 aromatic rings. The van der Waals surface area contributed by atoms with E-state index in [4.69, 9.17) is 0 Å². The largest absolute Gasteiger partial charge is 0.319 e. The lowest BCUT2D eigenvalue weighted by molar-refractivity contribution is 0.699. The Morgan fingerprint density at radius 2 is 2.19 bits per heavy atom. The van der Waals surface area contributed by atoms with Gasteiger partial charge in [-0.1, -0.05) is 24.3 Å². The van der Waals surface area contributed by atoms with Crippen LogP contribution in [-0.2, 0) is 0 Å². The van der Waals surface area contributed by atoms with Crippen molar-refractivity contribution >= 4 is 10.8 Å². The molecule has 0 amide bonds. The minimum atomic E-state index is 0.714. The number of nitrogens with zero attached hydrogens (tertiary/aromatic N) is 1. The maximum Gasteiger partial charge on any atom is 0.0346 e. The molecular formula is C14H16N2. The molecule has 0 saturated heterocycles. The summed E-state index contributed by atoms with van der Waals surface area (Å²) in [6, 6.07) is 8.54. The van der Waals surface area contributed by atoms with Gasteiger partial charge in [0.15, 0.2) is 0 Å². The third-order valence-corrected chi connectivity index (χ3v) is 3.49. The Hall–Kier alpha value is -1.41. The molecule has 0 spiro atoms. The Morgan fingerprint density at radius 3 is 3.06 bits per heavy atom. The van der Waals surface area contributed by atoms with Gasteiger partial charge in [-0.15, -0.1) is 0 Å². The molecule has 2 heteroatoms. The van der Waals surface area contributed by atoms with Crippen LogP contribution in [-0.4, -0.2) is 18.6 Å². The second-order valence-electron chi connectivity index (χ2n) is 4.61. The SMILES string of the molecule is CNCC1CC1c1cncc2ccccc12. The van der Waals surface area contributed by atoms with Gasteiger partial charge in [-0.25, -0.2) is 0 Å². The number of rotatable bonds is 3. The van der Waals surface area contributed by atoms with Crippen LogP contribution in [0.1, 0.15) is 17.9 Å². The summed E-state index contributed by atoms with van der Waals surface area (Å²) in [6.07, 6.45) is 5.30. The molecule has 0 bridgehead atoms. The number of nitrogens with one attached hydrogen (secondary N) is 1. The van der Waals surface area contributed by atoms with E-state index < -0.39 is 0 Å². The summed E-state index contributed by atoms with van der Waals surface area (Å²) in [6.45, 7) is 1.12. The van der Waals surface area contributed by atoms with Crippen LogP contribution in [0.15, 0.2) is 36.7 Å². The molecule has 1 aliphatic rings. The zero-order valence-corrected chi connectivity index (χ0v) is 9.48. The van der Waals surface area contributed by atoms with Crippen molar-refractivity contribution in [3.63, 3.8) is 0 Å². The first-order chi connectivity index (χ1) is 7.90. The number of aromatic nitrogens is 1. The second-order valence-corrected chi connectivity index (χ2v) is 4.61. The van der Waals surface area contributed by atoms with Crippen molar-refractivity contribution in [1.29, 1.82) is 0 Å². The van der Waals surface area contributed by atoms with Crippen molar-refractivity contribution < 1.29 is 0 Å². The third kappa shape index (κ3) is 1.59. The molecule has 1 fully saturated rings. The molecular weight excluding hydrogens is 196 g/mol. The first-order valence-electron chi connectivity index (χ1n) is 5.87. The molecule has 2 atom stereocenters. The van der Waals surface area contributed by atoms with Gasteiger partial charge in [0, 0.05) is 17.8 Å². The van der Waals surface area contributed by atoms with Gasteiger partial charge < -0.3 is 5.32 Å². The zero-order valence-electron chi connectivity index (χ0n) is 9.48. The van der Waals surface area contributed by atoms with Gasteiger partial charge in [0.1, 0.15) is 0 Å². The molecule has 16 heavy (non-hydrogen) atoms. The molecule has 1 aliphatic carbocycles. The predicted octanol–water partition coefficient (Wildman–Crippen LogP) is 2.56. The van der Waals surface area contributed by atoms with E-state index in [2.05, 4.69) is 34.6 Å². The molecule has 1 N–H and O–H groups in total. The molecule has 1 aromatic carbocycles. The number of hydrogen-bond acceptors (Lipinski definition) is 2. The van der Waals surface area contributed by atoms with Crippen LogP contribution >= 0.6 is 0 Å². The smallest absolute Gasteiger partial charge is 0.0346 e. The van der Waals surface area contributed by atoms with E-state index in [0.717, 1.165) is 12.5 Å². The zero-order chi connectivity index (χ0) is 11.0. The number of benzene rings is 1. The monoisotopic (exact) mass is 212 g/mol. The topological polar surface area (TPSA) is 24.9 Å². The van der Waals surface area contributed by atoms with Gasteiger partial charge in [0.05, 0.1) is 0 Å². The van der Waals surface area contributed by atoms with Crippen molar-refractivity contribution in [1.82, 2.24) is 10.3 Å².